The van der Waals surface area contributed by atoms with Crippen molar-refractivity contribution >= 4 is 10.0 Å². The van der Waals surface area contributed by atoms with Crippen LogP contribution in [-0.4, -0.2) is 25.0 Å². The Morgan fingerprint density at radius 2 is 1.62 bits per heavy atom. The van der Waals surface area contributed by atoms with Gasteiger partial charge in [-0.1, -0.05) is 54.4 Å². The van der Waals surface area contributed by atoms with Crippen molar-refractivity contribution in [3.05, 3.63) is 65.7 Å². The molecule has 1 saturated carbocycles. The molecule has 0 amide bonds. The van der Waals surface area contributed by atoms with Crippen molar-refractivity contribution in [3.8, 4) is 0 Å². The fourth-order valence-corrected chi connectivity index (χ4v) is 5.87. The van der Waals surface area contributed by atoms with Crippen LogP contribution >= 0.6 is 0 Å². The van der Waals surface area contributed by atoms with Gasteiger partial charge >= 0.3 is 0 Å². The highest BCUT2D eigenvalue weighted by atomic mass is 32.2. The lowest BCUT2D eigenvalue weighted by Crippen LogP contribution is -2.49. The molecule has 1 saturated heterocycles. The van der Waals surface area contributed by atoms with Gasteiger partial charge in [0.05, 0.1) is 11.0 Å². The molecule has 26 heavy (non-hydrogen) atoms. The molecular formula is C21H25NO3S. The Bertz CT molecular complexity index is 856. The maximum atomic E-state index is 13.4. The molecule has 4 rings (SSSR count). The number of benzene rings is 2. The molecule has 1 aliphatic carbocycles. The first-order valence-corrected chi connectivity index (χ1v) is 10.8. The summed E-state index contributed by atoms with van der Waals surface area (Å²) in [6.45, 7) is 2.34. The fraction of sp³-hybridized carbons (Fsp3) is 0.429. The van der Waals surface area contributed by atoms with Crippen LogP contribution in [0.15, 0.2) is 59.5 Å². The van der Waals surface area contributed by atoms with Gasteiger partial charge in [-0.3, -0.25) is 0 Å². The van der Waals surface area contributed by atoms with E-state index in [1.165, 1.54) is 0 Å². The van der Waals surface area contributed by atoms with Crippen LogP contribution in [0, 0.1) is 6.92 Å². The quantitative estimate of drug-likeness (QED) is 0.802. The molecule has 0 N–H and O–H groups in total. The molecule has 2 aromatic carbocycles. The van der Waals surface area contributed by atoms with Crippen LogP contribution in [0.5, 0.6) is 0 Å². The molecule has 5 heteroatoms. The van der Waals surface area contributed by atoms with Gasteiger partial charge in [0, 0.05) is 6.54 Å². The highest BCUT2D eigenvalue weighted by Crippen LogP contribution is 2.47. The largest absolute Gasteiger partial charge is 0.350 e. The van der Waals surface area contributed by atoms with E-state index >= 15 is 0 Å². The van der Waals surface area contributed by atoms with Crippen LogP contribution in [0.3, 0.4) is 0 Å². The van der Waals surface area contributed by atoms with Crippen molar-refractivity contribution in [3.63, 3.8) is 0 Å². The van der Waals surface area contributed by atoms with Gasteiger partial charge in [-0.25, -0.2) is 8.42 Å². The molecule has 0 bridgehead atoms. The number of rotatable bonds is 3. The van der Waals surface area contributed by atoms with Gasteiger partial charge in [0.25, 0.3) is 0 Å². The third-order valence-electron chi connectivity index (χ3n) is 5.56. The third-order valence-corrected chi connectivity index (χ3v) is 7.49. The van der Waals surface area contributed by atoms with E-state index in [1.54, 1.807) is 16.4 Å². The highest BCUT2D eigenvalue weighted by Gasteiger charge is 2.53. The molecule has 4 nitrogen and oxygen atoms in total. The third kappa shape index (κ3) is 3.08. The summed E-state index contributed by atoms with van der Waals surface area (Å²) in [6, 6.07) is 17.1. The average Bonchev–Trinajstić information content (AvgIpc) is 3.03. The zero-order valence-electron chi connectivity index (χ0n) is 15.1. The molecule has 1 aliphatic heterocycles. The van der Waals surface area contributed by atoms with E-state index in [4.69, 9.17) is 4.74 Å². The van der Waals surface area contributed by atoms with Crippen molar-refractivity contribution in [2.45, 2.75) is 55.8 Å². The molecule has 1 unspecified atom stereocenters. The number of hydrogen-bond donors (Lipinski definition) is 0. The Morgan fingerprint density at radius 1 is 0.962 bits per heavy atom. The van der Waals surface area contributed by atoms with E-state index in [-0.39, 0.29) is 6.10 Å². The molecule has 2 aromatic rings. The second-order valence-corrected chi connectivity index (χ2v) is 9.24. The van der Waals surface area contributed by atoms with E-state index in [2.05, 4.69) is 0 Å². The lowest BCUT2D eigenvalue weighted by atomic mass is 9.92. The van der Waals surface area contributed by atoms with Crippen molar-refractivity contribution in [1.29, 1.82) is 0 Å². The Morgan fingerprint density at radius 3 is 2.27 bits per heavy atom. The summed E-state index contributed by atoms with van der Waals surface area (Å²) in [5.41, 5.74) is 1.39. The smallest absolute Gasteiger partial charge is 0.245 e. The van der Waals surface area contributed by atoms with Crippen molar-refractivity contribution in [2.24, 2.45) is 0 Å². The summed E-state index contributed by atoms with van der Waals surface area (Å²) in [4.78, 5) is 0.352. The topological polar surface area (TPSA) is 46.6 Å². The van der Waals surface area contributed by atoms with Crippen LogP contribution in [0.4, 0.5) is 0 Å². The minimum absolute atomic E-state index is 0.213. The van der Waals surface area contributed by atoms with Crippen LogP contribution in [-0.2, 0) is 14.8 Å². The Balaban J connectivity index is 1.73. The predicted molar refractivity (Wildman–Crippen MR) is 101 cm³/mol. The second-order valence-electron chi connectivity index (χ2n) is 7.37. The van der Waals surface area contributed by atoms with E-state index in [9.17, 15) is 8.42 Å². The molecular weight excluding hydrogens is 346 g/mol. The molecule has 0 aromatic heterocycles. The van der Waals surface area contributed by atoms with Gasteiger partial charge in [-0.15, -0.1) is 0 Å². The number of sulfonamides is 1. The molecule has 138 valence electrons. The summed E-state index contributed by atoms with van der Waals surface area (Å²) in [7, 11) is -3.60. The van der Waals surface area contributed by atoms with Crippen LogP contribution in [0.2, 0.25) is 0 Å². The number of nitrogens with zero attached hydrogens (tertiary/aromatic N) is 1. The average molecular weight is 372 g/mol. The van der Waals surface area contributed by atoms with Crippen molar-refractivity contribution in [1.82, 2.24) is 4.31 Å². The Labute approximate surface area is 155 Å². The van der Waals surface area contributed by atoms with Crippen molar-refractivity contribution < 1.29 is 13.2 Å². The highest BCUT2D eigenvalue weighted by molar-refractivity contribution is 7.89. The Hall–Kier alpha value is -1.69. The van der Waals surface area contributed by atoms with E-state index in [0.717, 1.165) is 43.2 Å². The standard InChI is InChI=1S/C21H25NO3S/c1-17-10-12-19(13-11-17)26(23,24)22-16-20(18-8-4-2-5-9-18)25-21(22)14-6-3-7-15-21/h2,4-5,8-13,20H,3,6-7,14-16H2,1H3. The van der Waals surface area contributed by atoms with Gasteiger partial charge < -0.3 is 4.74 Å². The minimum atomic E-state index is -3.60. The SMILES string of the molecule is Cc1ccc(S(=O)(=O)N2CC(c3ccccc3)OC23CCCCC3)cc1. The van der Waals surface area contributed by atoms with E-state index in [1.807, 2.05) is 49.4 Å². The predicted octanol–water partition coefficient (Wildman–Crippen LogP) is 4.42. The molecule has 2 fully saturated rings. The fourth-order valence-electron chi connectivity index (χ4n) is 4.15. The molecule has 1 heterocycles. The normalized spacial score (nSPS) is 23.3. The van der Waals surface area contributed by atoms with Crippen LogP contribution < -0.4 is 0 Å². The summed E-state index contributed by atoms with van der Waals surface area (Å²) in [5.74, 6) is 0. The first-order chi connectivity index (χ1) is 12.5. The molecule has 0 radical (unpaired) electrons. The van der Waals surface area contributed by atoms with Gasteiger partial charge in [-0.05, 0) is 50.3 Å². The monoisotopic (exact) mass is 371 g/mol. The first-order valence-electron chi connectivity index (χ1n) is 9.34. The summed E-state index contributed by atoms with van der Waals surface area (Å²) < 4.78 is 35.0. The first kappa shape index (κ1) is 17.7. The van der Waals surface area contributed by atoms with Gasteiger partial charge in [0.1, 0.15) is 5.72 Å². The number of hydrogen-bond acceptors (Lipinski definition) is 3. The number of ether oxygens (including phenoxy) is 1. The maximum Gasteiger partial charge on any atom is 0.245 e. The summed E-state index contributed by atoms with van der Waals surface area (Å²) >= 11 is 0. The van der Waals surface area contributed by atoms with Gasteiger partial charge in [0.2, 0.25) is 10.0 Å². The van der Waals surface area contributed by atoms with Gasteiger partial charge in [0.15, 0.2) is 0 Å². The molecule has 2 aliphatic rings. The summed E-state index contributed by atoms with van der Waals surface area (Å²) in [5, 5.41) is 0. The zero-order valence-corrected chi connectivity index (χ0v) is 15.9. The summed E-state index contributed by atoms with van der Waals surface area (Å²) in [6.07, 6.45) is 4.46. The van der Waals surface area contributed by atoms with E-state index in [0.29, 0.717) is 11.4 Å². The molecule has 1 spiro atoms. The van der Waals surface area contributed by atoms with Crippen LogP contribution in [0.25, 0.3) is 0 Å². The van der Waals surface area contributed by atoms with Crippen molar-refractivity contribution in [2.75, 3.05) is 6.54 Å². The van der Waals surface area contributed by atoms with E-state index < -0.39 is 15.7 Å². The number of aryl methyl sites for hydroxylation is 1. The van der Waals surface area contributed by atoms with Crippen LogP contribution in [0.1, 0.15) is 49.3 Å². The minimum Gasteiger partial charge on any atom is -0.350 e. The maximum absolute atomic E-state index is 13.4. The zero-order chi connectivity index (χ0) is 18.2. The molecule has 1 atom stereocenters. The van der Waals surface area contributed by atoms with Gasteiger partial charge in [-0.2, -0.15) is 4.31 Å². The lowest BCUT2D eigenvalue weighted by Gasteiger charge is -2.39. The Kier molecular flexibility index (Phi) is 4.63. The lowest BCUT2D eigenvalue weighted by molar-refractivity contribution is -0.103. The second kappa shape index (κ2) is 6.80.